The van der Waals surface area contributed by atoms with Crippen molar-refractivity contribution in [2.45, 2.75) is 23.8 Å². The predicted molar refractivity (Wildman–Crippen MR) is 74.0 cm³/mol. The summed E-state index contributed by atoms with van der Waals surface area (Å²) in [5.41, 5.74) is 0. The van der Waals surface area contributed by atoms with Crippen molar-refractivity contribution < 1.29 is 19.4 Å². The van der Waals surface area contributed by atoms with Crippen LogP contribution in [0.3, 0.4) is 0 Å². The maximum atomic E-state index is 11.6. The third-order valence-electron chi connectivity index (χ3n) is 2.71. The Labute approximate surface area is 119 Å². The molecule has 7 heteroatoms. The molecule has 19 heavy (non-hydrogen) atoms. The fraction of sp³-hybridized carbons (Fsp3) is 0.500. The second-order valence-electron chi connectivity index (χ2n) is 4.18. The van der Waals surface area contributed by atoms with Gasteiger partial charge in [-0.15, -0.1) is 23.1 Å². The Morgan fingerprint density at radius 1 is 1.58 bits per heavy atom. The summed E-state index contributed by atoms with van der Waals surface area (Å²) >= 11 is 2.51. The smallest absolute Gasteiger partial charge is 0.345 e. The Kier molecular flexibility index (Phi) is 5.24. The molecule has 104 valence electrons. The molecule has 0 radical (unpaired) electrons. The van der Waals surface area contributed by atoms with Crippen LogP contribution in [-0.4, -0.2) is 42.0 Å². The van der Waals surface area contributed by atoms with E-state index in [0.717, 1.165) is 24.3 Å². The highest BCUT2D eigenvalue weighted by atomic mass is 32.2. The summed E-state index contributed by atoms with van der Waals surface area (Å²) in [6, 6.07) is 1.59. The van der Waals surface area contributed by atoms with E-state index in [1.807, 2.05) is 0 Å². The first kappa shape index (κ1) is 14.4. The highest BCUT2D eigenvalue weighted by Gasteiger charge is 2.16. The van der Waals surface area contributed by atoms with E-state index in [4.69, 9.17) is 9.84 Å². The summed E-state index contributed by atoms with van der Waals surface area (Å²) in [6.07, 6.45) is 2.20. The Balaban J connectivity index is 1.68. The molecular weight excluding hydrogens is 286 g/mol. The minimum Gasteiger partial charge on any atom is -0.477 e. The Hall–Kier alpha value is -1.05. The molecule has 0 bridgehead atoms. The first-order valence-electron chi connectivity index (χ1n) is 5.98. The molecule has 1 atom stereocenters. The monoisotopic (exact) mass is 301 g/mol. The molecule has 1 aliphatic rings. The molecule has 1 fully saturated rings. The van der Waals surface area contributed by atoms with Gasteiger partial charge in [-0.05, 0) is 18.9 Å². The Morgan fingerprint density at radius 3 is 3.05 bits per heavy atom. The van der Waals surface area contributed by atoms with Crippen LogP contribution in [-0.2, 0) is 9.53 Å². The molecule has 0 aromatic carbocycles. The largest absolute Gasteiger partial charge is 0.477 e. The van der Waals surface area contributed by atoms with Crippen LogP contribution in [0.1, 0.15) is 22.5 Å². The second-order valence-corrected chi connectivity index (χ2v) is 6.14. The van der Waals surface area contributed by atoms with Gasteiger partial charge in [0.1, 0.15) is 4.88 Å². The van der Waals surface area contributed by atoms with Crippen LogP contribution >= 0.6 is 23.1 Å². The van der Waals surface area contributed by atoms with E-state index in [1.54, 1.807) is 11.4 Å². The number of carbonyl (C=O) groups excluding carboxylic acids is 1. The quantitative estimate of drug-likeness (QED) is 0.784. The number of thiophene rings is 1. The topological polar surface area (TPSA) is 75.6 Å². The van der Waals surface area contributed by atoms with E-state index in [2.05, 4.69) is 5.32 Å². The van der Waals surface area contributed by atoms with Gasteiger partial charge in [0.25, 0.3) is 0 Å². The van der Waals surface area contributed by atoms with Crippen LogP contribution in [0.2, 0.25) is 0 Å². The second kappa shape index (κ2) is 6.93. The number of rotatable bonds is 6. The molecule has 2 N–H and O–H groups in total. The molecule has 0 saturated carbocycles. The number of nitrogens with one attached hydrogen (secondary N) is 1. The zero-order valence-electron chi connectivity index (χ0n) is 10.3. The normalized spacial score (nSPS) is 18.4. The molecular formula is C12H15NO4S2. The van der Waals surface area contributed by atoms with Gasteiger partial charge < -0.3 is 15.2 Å². The standard InChI is InChI=1S/C12H15NO4S2/c14-11(13-5-8-2-1-3-17-8)7-18-9-4-10(12(15)16)19-6-9/h4,6,8H,1-3,5,7H2,(H,13,14)(H,15,16). The van der Waals surface area contributed by atoms with Gasteiger partial charge in [-0.2, -0.15) is 0 Å². The van der Waals surface area contributed by atoms with Gasteiger partial charge >= 0.3 is 5.97 Å². The van der Waals surface area contributed by atoms with Gasteiger partial charge in [0.2, 0.25) is 5.91 Å². The van der Waals surface area contributed by atoms with Crippen molar-refractivity contribution in [1.29, 1.82) is 0 Å². The SMILES string of the molecule is O=C(CSc1csc(C(=O)O)c1)NCC1CCCO1. The third kappa shape index (κ3) is 4.52. The van der Waals surface area contributed by atoms with Crippen LogP contribution in [0.4, 0.5) is 0 Å². The van der Waals surface area contributed by atoms with Crippen molar-refractivity contribution >= 4 is 35.0 Å². The van der Waals surface area contributed by atoms with Crippen LogP contribution in [0.5, 0.6) is 0 Å². The lowest BCUT2D eigenvalue weighted by Gasteiger charge is -2.10. The Morgan fingerprint density at radius 2 is 2.42 bits per heavy atom. The summed E-state index contributed by atoms with van der Waals surface area (Å²) < 4.78 is 5.41. The van der Waals surface area contributed by atoms with Crippen molar-refractivity contribution in [2.75, 3.05) is 18.9 Å². The predicted octanol–water partition coefficient (Wildman–Crippen LogP) is 1.83. The molecule has 1 saturated heterocycles. The minimum atomic E-state index is -0.931. The Bertz CT molecular complexity index is 454. The van der Waals surface area contributed by atoms with Crippen molar-refractivity contribution in [3.63, 3.8) is 0 Å². The number of hydrogen-bond acceptors (Lipinski definition) is 5. The first-order chi connectivity index (χ1) is 9.15. The molecule has 1 aromatic rings. The van der Waals surface area contributed by atoms with Gasteiger partial charge in [-0.3, -0.25) is 4.79 Å². The van der Waals surface area contributed by atoms with Gasteiger partial charge in [-0.1, -0.05) is 0 Å². The molecule has 0 spiro atoms. The number of hydrogen-bond donors (Lipinski definition) is 2. The third-order valence-corrected chi connectivity index (χ3v) is 4.75. The van der Waals surface area contributed by atoms with Gasteiger partial charge in [0.05, 0.1) is 11.9 Å². The molecule has 1 aliphatic heterocycles. The highest BCUT2D eigenvalue weighted by molar-refractivity contribution is 8.00. The van der Waals surface area contributed by atoms with E-state index >= 15 is 0 Å². The summed E-state index contributed by atoms with van der Waals surface area (Å²) in [5.74, 6) is -0.689. The van der Waals surface area contributed by atoms with Crippen molar-refractivity contribution in [1.82, 2.24) is 5.32 Å². The van der Waals surface area contributed by atoms with Crippen molar-refractivity contribution in [2.24, 2.45) is 0 Å². The zero-order valence-corrected chi connectivity index (χ0v) is 11.9. The number of aromatic carboxylic acids is 1. The number of thioether (sulfide) groups is 1. The van der Waals surface area contributed by atoms with E-state index in [0.29, 0.717) is 17.2 Å². The number of carboxylic acid groups (broad SMARTS) is 1. The maximum absolute atomic E-state index is 11.6. The molecule has 0 aliphatic carbocycles. The van der Waals surface area contributed by atoms with Crippen LogP contribution in [0, 0.1) is 0 Å². The van der Waals surface area contributed by atoms with Gasteiger partial charge in [0, 0.05) is 23.4 Å². The molecule has 2 heterocycles. The summed E-state index contributed by atoms with van der Waals surface area (Å²) in [5, 5.41) is 13.4. The summed E-state index contributed by atoms with van der Waals surface area (Å²) in [6.45, 7) is 1.34. The maximum Gasteiger partial charge on any atom is 0.345 e. The summed E-state index contributed by atoms with van der Waals surface area (Å²) in [4.78, 5) is 23.4. The molecule has 1 amide bonds. The zero-order chi connectivity index (χ0) is 13.7. The number of amides is 1. The average molecular weight is 301 g/mol. The highest BCUT2D eigenvalue weighted by Crippen LogP contribution is 2.24. The van der Waals surface area contributed by atoms with E-state index in [1.165, 1.54) is 23.1 Å². The molecule has 5 nitrogen and oxygen atoms in total. The van der Waals surface area contributed by atoms with E-state index in [-0.39, 0.29) is 12.0 Å². The average Bonchev–Trinajstić information content (AvgIpc) is 3.05. The number of carboxylic acids is 1. The number of carbonyl (C=O) groups is 2. The summed E-state index contributed by atoms with van der Waals surface area (Å²) in [7, 11) is 0. The van der Waals surface area contributed by atoms with Crippen LogP contribution in [0.25, 0.3) is 0 Å². The van der Waals surface area contributed by atoms with E-state index < -0.39 is 5.97 Å². The first-order valence-corrected chi connectivity index (χ1v) is 7.84. The van der Waals surface area contributed by atoms with Crippen molar-refractivity contribution in [3.05, 3.63) is 16.3 Å². The lowest BCUT2D eigenvalue weighted by molar-refractivity contribution is -0.119. The molecule has 1 aromatic heterocycles. The van der Waals surface area contributed by atoms with Gasteiger partial charge in [-0.25, -0.2) is 4.79 Å². The van der Waals surface area contributed by atoms with Crippen LogP contribution in [0.15, 0.2) is 16.3 Å². The number of ether oxygens (including phenoxy) is 1. The van der Waals surface area contributed by atoms with Crippen molar-refractivity contribution in [3.8, 4) is 0 Å². The minimum absolute atomic E-state index is 0.0522. The van der Waals surface area contributed by atoms with Crippen LogP contribution < -0.4 is 5.32 Å². The lowest BCUT2D eigenvalue weighted by atomic mass is 10.2. The fourth-order valence-corrected chi connectivity index (χ4v) is 3.44. The van der Waals surface area contributed by atoms with E-state index in [9.17, 15) is 9.59 Å². The van der Waals surface area contributed by atoms with Gasteiger partial charge in [0.15, 0.2) is 0 Å². The molecule has 2 rings (SSSR count). The molecule has 1 unspecified atom stereocenters. The fourth-order valence-electron chi connectivity index (χ4n) is 1.74. The lowest BCUT2D eigenvalue weighted by Crippen LogP contribution is -2.32.